The average molecular weight is 405 g/mol. The van der Waals surface area contributed by atoms with Crippen LogP contribution in [0.3, 0.4) is 0 Å². The molecule has 0 aromatic heterocycles. The Kier molecular flexibility index (Phi) is 7.87. The molecule has 3 rings (SSSR count). The van der Waals surface area contributed by atoms with Gasteiger partial charge in [-0.05, 0) is 36.6 Å². The summed E-state index contributed by atoms with van der Waals surface area (Å²) in [7, 11) is 0. The summed E-state index contributed by atoms with van der Waals surface area (Å²) in [5.41, 5.74) is 7.10. The first kappa shape index (κ1) is 21.4. The van der Waals surface area contributed by atoms with Crippen molar-refractivity contribution < 1.29 is 14.3 Å². The first-order valence-electron chi connectivity index (χ1n) is 10.2. The molecule has 2 amide bonds. The zero-order valence-electron chi connectivity index (χ0n) is 17.0. The Labute approximate surface area is 177 Å². The Balaban J connectivity index is 1.49. The fraction of sp³-hybridized carbons (Fsp3) is 0.333. The highest BCUT2D eigenvalue weighted by Crippen LogP contribution is 2.21. The molecule has 0 bridgehead atoms. The number of carbonyl (C=O) groups is 2. The summed E-state index contributed by atoms with van der Waals surface area (Å²) < 4.78 is 5.71. The highest BCUT2D eigenvalue weighted by atomic mass is 16.5. The minimum absolute atomic E-state index is 0.190. The number of ether oxygens (including phenoxy) is 1. The number of rotatable bonds is 7. The van der Waals surface area contributed by atoms with E-state index < -0.39 is 5.91 Å². The second-order valence-corrected chi connectivity index (χ2v) is 7.28. The number of likely N-dealkylation sites (tertiary alicyclic amines) is 1. The molecule has 1 heterocycles. The van der Waals surface area contributed by atoms with Crippen molar-refractivity contribution in [1.82, 2.24) is 15.8 Å². The number of amides is 2. The number of benzene rings is 2. The first-order valence-corrected chi connectivity index (χ1v) is 10.2. The van der Waals surface area contributed by atoms with Gasteiger partial charge in [0.2, 0.25) is 0 Å². The van der Waals surface area contributed by atoms with Crippen LogP contribution in [-0.2, 0) is 16.0 Å². The van der Waals surface area contributed by atoms with Crippen LogP contribution >= 0.6 is 0 Å². The van der Waals surface area contributed by atoms with Gasteiger partial charge in [0, 0.05) is 6.42 Å². The third kappa shape index (κ3) is 6.10. The Bertz CT molecular complexity index is 892. The fourth-order valence-electron chi connectivity index (χ4n) is 3.59. The molecule has 6 heteroatoms. The zero-order chi connectivity index (χ0) is 21.2. The topological polar surface area (TPSA) is 70.7 Å². The van der Waals surface area contributed by atoms with E-state index in [4.69, 9.17) is 11.2 Å². The monoisotopic (exact) mass is 405 g/mol. The summed E-state index contributed by atoms with van der Waals surface area (Å²) in [5.74, 6) is 2.57. The van der Waals surface area contributed by atoms with Crippen molar-refractivity contribution in [3.8, 4) is 18.1 Å². The maximum atomic E-state index is 12.4. The summed E-state index contributed by atoms with van der Waals surface area (Å²) in [6.07, 6.45) is 8.82. The Hall–Kier alpha value is -3.30. The highest BCUT2D eigenvalue weighted by molar-refractivity contribution is 5.85. The number of para-hydroxylation sites is 1. The van der Waals surface area contributed by atoms with Crippen LogP contribution in [0.4, 0.5) is 0 Å². The van der Waals surface area contributed by atoms with E-state index in [0.717, 1.165) is 36.9 Å². The SMILES string of the molecule is C#CCN1CCCC[C@H]1C(=O)NNC(=O)COc1ccccc1Cc1ccccc1. The number of hydrazine groups is 1. The van der Waals surface area contributed by atoms with Crippen LogP contribution in [0.15, 0.2) is 54.6 Å². The molecule has 1 saturated heterocycles. The average Bonchev–Trinajstić information content (AvgIpc) is 2.78. The van der Waals surface area contributed by atoms with Crippen molar-refractivity contribution >= 4 is 11.8 Å². The lowest BCUT2D eigenvalue weighted by molar-refractivity contribution is -0.133. The van der Waals surface area contributed by atoms with E-state index in [-0.39, 0.29) is 18.6 Å². The lowest BCUT2D eigenvalue weighted by Gasteiger charge is -2.33. The second kappa shape index (κ2) is 11.0. The minimum Gasteiger partial charge on any atom is -0.483 e. The molecule has 1 atom stereocenters. The number of hydrogen-bond donors (Lipinski definition) is 2. The number of hydrogen-bond acceptors (Lipinski definition) is 4. The summed E-state index contributed by atoms with van der Waals surface area (Å²) >= 11 is 0. The van der Waals surface area contributed by atoms with Gasteiger partial charge in [0.1, 0.15) is 5.75 Å². The summed E-state index contributed by atoms with van der Waals surface area (Å²) in [6.45, 7) is 1.02. The molecule has 2 aromatic carbocycles. The second-order valence-electron chi connectivity index (χ2n) is 7.28. The van der Waals surface area contributed by atoms with Crippen molar-refractivity contribution in [3.05, 3.63) is 65.7 Å². The van der Waals surface area contributed by atoms with Gasteiger partial charge >= 0.3 is 0 Å². The molecule has 1 fully saturated rings. The smallest absolute Gasteiger partial charge is 0.276 e. The molecule has 0 aliphatic carbocycles. The molecule has 1 aliphatic heterocycles. The Morgan fingerprint density at radius 2 is 1.83 bits per heavy atom. The molecule has 30 heavy (non-hydrogen) atoms. The summed E-state index contributed by atoms with van der Waals surface area (Å²) in [4.78, 5) is 26.6. The largest absolute Gasteiger partial charge is 0.483 e. The van der Waals surface area contributed by atoms with Gasteiger partial charge in [-0.3, -0.25) is 25.3 Å². The van der Waals surface area contributed by atoms with Crippen LogP contribution < -0.4 is 15.6 Å². The number of terminal acetylenes is 1. The van der Waals surface area contributed by atoms with Crippen molar-refractivity contribution in [2.24, 2.45) is 0 Å². The molecule has 0 unspecified atom stereocenters. The molecule has 2 aromatic rings. The van der Waals surface area contributed by atoms with E-state index in [9.17, 15) is 9.59 Å². The first-order chi connectivity index (χ1) is 14.7. The van der Waals surface area contributed by atoms with E-state index in [1.165, 1.54) is 0 Å². The van der Waals surface area contributed by atoms with E-state index >= 15 is 0 Å². The van der Waals surface area contributed by atoms with Crippen molar-refractivity contribution in [1.29, 1.82) is 0 Å². The lowest BCUT2D eigenvalue weighted by Crippen LogP contribution is -2.54. The standard InChI is InChI=1S/C24H27N3O3/c1-2-15-27-16-9-8-13-21(27)24(29)26-25-23(28)18-30-22-14-7-6-12-20(22)17-19-10-4-3-5-11-19/h1,3-7,10-12,14,21H,8-9,13,15-18H2,(H,25,28)(H,26,29)/t21-/m0/s1. The zero-order valence-corrected chi connectivity index (χ0v) is 17.0. The third-order valence-electron chi connectivity index (χ3n) is 5.10. The maximum Gasteiger partial charge on any atom is 0.276 e. The molecule has 2 N–H and O–H groups in total. The molecule has 6 nitrogen and oxygen atoms in total. The number of carbonyl (C=O) groups excluding carboxylic acids is 2. The van der Waals surface area contributed by atoms with Crippen LogP contribution in [-0.4, -0.2) is 42.5 Å². The number of piperidine rings is 1. The van der Waals surface area contributed by atoms with E-state index in [0.29, 0.717) is 18.7 Å². The molecule has 1 aliphatic rings. The molecule has 0 saturated carbocycles. The lowest BCUT2D eigenvalue weighted by atomic mass is 10.0. The van der Waals surface area contributed by atoms with Crippen LogP contribution in [0.1, 0.15) is 30.4 Å². The number of nitrogens with one attached hydrogen (secondary N) is 2. The summed E-state index contributed by atoms with van der Waals surface area (Å²) in [5, 5.41) is 0. The van der Waals surface area contributed by atoms with Gasteiger partial charge < -0.3 is 4.74 Å². The predicted molar refractivity (Wildman–Crippen MR) is 116 cm³/mol. The van der Waals surface area contributed by atoms with Gasteiger partial charge in [-0.1, -0.05) is 60.9 Å². The fourth-order valence-corrected chi connectivity index (χ4v) is 3.59. The molecule has 156 valence electrons. The quantitative estimate of drug-likeness (QED) is 0.548. The Morgan fingerprint density at radius 3 is 2.63 bits per heavy atom. The van der Waals surface area contributed by atoms with Crippen LogP contribution in [0.25, 0.3) is 0 Å². The summed E-state index contributed by atoms with van der Waals surface area (Å²) in [6, 6.07) is 17.4. The predicted octanol–water partition coefficient (Wildman–Crippen LogP) is 2.29. The van der Waals surface area contributed by atoms with E-state index in [2.05, 4.69) is 16.8 Å². The molecular formula is C24H27N3O3. The van der Waals surface area contributed by atoms with E-state index in [1.54, 1.807) is 0 Å². The van der Waals surface area contributed by atoms with Gasteiger partial charge in [-0.25, -0.2) is 0 Å². The van der Waals surface area contributed by atoms with Crippen LogP contribution in [0.5, 0.6) is 5.75 Å². The van der Waals surface area contributed by atoms with Gasteiger partial charge in [-0.2, -0.15) is 0 Å². The van der Waals surface area contributed by atoms with Crippen LogP contribution in [0.2, 0.25) is 0 Å². The molecular weight excluding hydrogens is 378 g/mol. The van der Waals surface area contributed by atoms with Gasteiger partial charge in [-0.15, -0.1) is 6.42 Å². The van der Waals surface area contributed by atoms with Crippen molar-refractivity contribution in [2.45, 2.75) is 31.7 Å². The van der Waals surface area contributed by atoms with Gasteiger partial charge in [0.15, 0.2) is 6.61 Å². The third-order valence-corrected chi connectivity index (χ3v) is 5.10. The normalized spacial score (nSPS) is 16.3. The van der Waals surface area contributed by atoms with E-state index in [1.807, 2.05) is 59.5 Å². The van der Waals surface area contributed by atoms with Gasteiger partial charge in [0.25, 0.3) is 11.8 Å². The minimum atomic E-state index is -0.419. The Morgan fingerprint density at radius 1 is 1.07 bits per heavy atom. The number of nitrogens with zero attached hydrogens (tertiary/aromatic N) is 1. The van der Waals surface area contributed by atoms with Crippen molar-refractivity contribution in [3.63, 3.8) is 0 Å². The maximum absolute atomic E-state index is 12.4. The van der Waals surface area contributed by atoms with Crippen molar-refractivity contribution in [2.75, 3.05) is 19.7 Å². The van der Waals surface area contributed by atoms with Crippen LogP contribution in [0, 0.1) is 12.3 Å². The molecule has 0 radical (unpaired) electrons. The molecule has 0 spiro atoms. The highest BCUT2D eigenvalue weighted by Gasteiger charge is 2.28. The van der Waals surface area contributed by atoms with Gasteiger partial charge in [0.05, 0.1) is 12.6 Å².